The number of para-hydroxylation sites is 1. The van der Waals surface area contributed by atoms with Gasteiger partial charge in [-0.3, -0.25) is 14.5 Å². The van der Waals surface area contributed by atoms with Gasteiger partial charge in [0.2, 0.25) is 11.8 Å². The van der Waals surface area contributed by atoms with Gasteiger partial charge in [0.1, 0.15) is 12.4 Å². The van der Waals surface area contributed by atoms with Crippen LogP contribution in [0.1, 0.15) is 62.3 Å². The van der Waals surface area contributed by atoms with E-state index in [0.29, 0.717) is 11.6 Å². The number of fused-ring (bicyclic) bond motifs is 1. The molecule has 4 rings (SSSR count). The predicted octanol–water partition coefficient (Wildman–Crippen LogP) is 5.23. The van der Waals surface area contributed by atoms with Gasteiger partial charge in [-0.15, -0.1) is 11.8 Å². The number of aryl methyl sites for hydroxylation is 1. The van der Waals surface area contributed by atoms with Crippen molar-refractivity contribution < 1.29 is 9.59 Å². The number of anilines is 1. The molecular weight excluding hydrogens is 464 g/mol. The third-order valence-corrected chi connectivity index (χ3v) is 7.70. The highest BCUT2D eigenvalue weighted by Crippen LogP contribution is 2.48. The number of rotatable bonds is 5. The van der Waals surface area contributed by atoms with E-state index in [-0.39, 0.29) is 35.1 Å². The van der Waals surface area contributed by atoms with Crippen molar-refractivity contribution in [1.82, 2.24) is 15.1 Å². The smallest absolute Gasteiger partial charge is 0.240 e. The number of amides is 2. The summed E-state index contributed by atoms with van der Waals surface area (Å²) in [6, 6.07) is 10.1. The average molecular weight is 497 g/mol. The van der Waals surface area contributed by atoms with Gasteiger partial charge in [-0.25, -0.2) is 4.68 Å². The third-order valence-electron chi connectivity index (χ3n) is 5.74. The molecular formula is C26H32N4O2S2. The number of carbonyl (C=O) groups excluding carboxylic acids is 2. The van der Waals surface area contributed by atoms with E-state index >= 15 is 0 Å². The Labute approximate surface area is 209 Å². The molecule has 0 radical (unpaired) electrons. The number of carbonyl (C=O) groups is 2. The second-order valence-corrected chi connectivity index (χ2v) is 11.9. The zero-order valence-electron chi connectivity index (χ0n) is 20.6. The molecule has 1 atom stereocenters. The lowest BCUT2D eigenvalue weighted by Crippen LogP contribution is -2.44. The van der Waals surface area contributed by atoms with Gasteiger partial charge in [0.05, 0.1) is 22.4 Å². The molecule has 1 aromatic carbocycles. The first-order chi connectivity index (χ1) is 16.1. The number of thioether (sulfide) groups is 1. The second kappa shape index (κ2) is 9.58. The molecule has 8 heteroatoms. The highest BCUT2D eigenvalue weighted by molar-refractivity contribution is 8.00. The maximum Gasteiger partial charge on any atom is 0.240 e. The van der Waals surface area contributed by atoms with Crippen molar-refractivity contribution >= 4 is 40.7 Å². The highest BCUT2D eigenvalue weighted by Gasteiger charge is 2.40. The Morgan fingerprint density at radius 1 is 1.24 bits per heavy atom. The minimum Gasteiger partial charge on any atom is -0.352 e. The summed E-state index contributed by atoms with van der Waals surface area (Å²) in [6.07, 6.45) is 0. The quantitative estimate of drug-likeness (QED) is 0.525. The predicted molar refractivity (Wildman–Crippen MR) is 141 cm³/mol. The number of nitrogens with zero attached hydrogens (tertiary/aromatic N) is 3. The van der Waals surface area contributed by atoms with Crippen molar-refractivity contribution in [3.05, 3.63) is 63.5 Å². The largest absolute Gasteiger partial charge is 0.352 e. The molecule has 1 aliphatic heterocycles. The van der Waals surface area contributed by atoms with Crippen LogP contribution in [-0.2, 0) is 15.0 Å². The van der Waals surface area contributed by atoms with E-state index in [4.69, 9.17) is 5.10 Å². The summed E-state index contributed by atoms with van der Waals surface area (Å²) < 4.78 is 1.89. The molecule has 2 aromatic heterocycles. The SMILES string of the molecule is Cc1ccccc1-n1nc(C(C)(C)C)c2c1N(CC(=O)NC(C)C)C(=O)CSC2c1ccsc1. The van der Waals surface area contributed by atoms with E-state index in [1.54, 1.807) is 28.0 Å². The standard InChI is InChI=1S/C26H32N4O2S2/c1-16(2)27-20(31)13-29-21(32)15-34-23(18-11-12-33-14-18)22-24(26(4,5)6)28-30(25(22)29)19-10-8-7-9-17(19)3/h7-12,14,16,23H,13,15H2,1-6H3,(H,27,31). The Hall–Kier alpha value is -2.58. The van der Waals surface area contributed by atoms with E-state index in [9.17, 15) is 9.59 Å². The summed E-state index contributed by atoms with van der Waals surface area (Å²) in [5, 5.41) is 12.2. The van der Waals surface area contributed by atoms with Crippen molar-refractivity contribution in [1.29, 1.82) is 0 Å². The lowest BCUT2D eigenvalue weighted by Gasteiger charge is -2.24. The second-order valence-electron chi connectivity index (χ2n) is 9.98. The molecule has 3 heterocycles. The van der Waals surface area contributed by atoms with Crippen LogP contribution < -0.4 is 10.2 Å². The van der Waals surface area contributed by atoms with Crippen molar-refractivity contribution in [3.63, 3.8) is 0 Å². The summed E-state index contributed by atoms with van der Waals surface area (Å²) in [5.74, 6) is 0.729. The molecule has 3 aromatic rings. The third kappa shape index (κ3) is 4.79. The summed E-state index contributed by atoms with van der Waals surface area (Å²) in [6.45, 7) is 12.3. The Morgan fingerprint density at radius 3 is 2.59 bits per heavy atom. The first-order valence-corrected chi connectivity index (χ1v) is 13.5. The van der Waals surface area contributed by atoms with Crippen LogP contribution in [0.15, 0.2) is 41.1 Å². The van der Waals surface area contributed by atoms with Crippen LogP contribution in [0.2, 0.25) is 0 Å². The molecule has 1 unspecified atom stereocenters. The monoisotopic (exact) mass is 496 g/mol. The number of benzene rings is 1. The number of hydrogen-bond acceptors (Lipinski definition) is 5. The summed E-state index contributed by atoms with van der Waals surface area (Å²) >= 11 is 3.26. The fourth-order valence-corrected chi connectivity index (χ4v) is 6.20. The molecule has 0 saturated heterocycles. The van der Waals surface area contributed by atoms with Crippen LogP contribution in [0.4, 0.5) is 5.82 Å². The Bertz CT molecular complexity index is 1190. The van der Waals surface area contributed by atoms with Gasteiger partial charge in [-0.1, -0.05) is 39.0 Å². The number of nitrogens with one attached hydrogen (secondary N) is 1. The van der Waals surface area contributed by atoms with Gasteiger partial charge in [0.25, 0.3) is 0 Å². The van der Waals surface area contributed by atoms with Gasteiger partial charge in [0.15, 0.2) is 0 Å². The molecule has 1 aliphatic rings. The number of thiophene rings is 1. The van der Waals surface area contributed by atoms with E-state index in [1.807, 2.05) is 49.7 Å². The summed E-state index contributed by atoms with van der Waals surface area (Å²) in [5.41, 5.74) is 4.82. The van der Waals surface area contributed by atoms with Crippen LogP contribution in [0.3, 0.4) is 0 Å². The Kier molecular flexibility index (Phi) is 6.92. The fraction of sp³-hybridized carbons (Fsp3) is 0.423. The molecule has 0 bridgehead atoms. The lowest BCUT2D eigenvalue weighted by molar-refractivity contribution is -0.123. The van der Waals surface area contributed by atoms with Crippen LogP contribution in [-0.4, -0.2) is 39.9 Å². The van der Waals surface area contributed by atoms with Gasteiger partial charge < -0.3 is 5.32 Å². The zero-order chi connectivity index (χ0) is 24.6. The fourth-order valence-electron chi connectivity index (χ4n) is 4.24. The summed E-state index contributed by atoms with van der Waals surface area (Å²) in [7, 11) is 0. The van der Waals surface area contributed by atoms with E-state index in [0.717, 1.165) is 28.1 Å². The van der Waals surface area contributed by atoms with Gasteiger partial charge in [0, 0.05) is 17.0 Å². The van der Waals surface area contributed by atoms with E-state index < -0.39 is 0 Å². The Morgan fingerprint density at radius 2 is 1.97 bits per heavy atom. The molecule has 180 valence electrons. The van der Waals surface area contributed by atoms with E-state index in [1.165, 1.54) is 0 Å². The van der Waals surface area contributed by atoms with Gasteiger partial charge >= 0.3 is 0 Å². The maximum atomic E-state index is 13.5. The zero-order valence-corrected chi connectivity index (χ0v) is 22.2. The number of aromatic nitrogens is 2. The van der Waals surface area contributed by atoms with Crippen molar-refractivity contribution in [2.75, 3.05) is 17.2 Å². The summed E-state index contributed by atoms with van der Waals surface area (Å²) in [4.78, 5) is 28.0. The first-order valence-electron chi connectivity index (χ1n) is 11.5. The van der Waals surface area contributed by atoms with Crippen LogP contribution in [0.25, 0.3) is 5.69 Å². The highest BCUT2D eigenvalue weighted by atomic mass is 32.2. The van der Waals surface area contributed by atoms with Crippen LogP contribution in [0.5, 0.6) is 0 Å². The normalized spacial score (nSPS) is 16.5. The first kappa shape index (κ1) is 24.5. The van der Waals surface area contributed by atoms with Crippen LogP contribution >= 0.6 is 23.1 Å². The van der Waals surface area contributed by atoms with Crippen molar-refractivity contribution in [2.24, 2.45) is 0 Å². The number of hydrogen-bond donors (Lipinski definition) is 1. The molecule has 34 heavy (non-hydrogen) atoms. The van der Waals surface area contributed by atoms with Gasteiger partial charge in [-0.05, 0) is 54.8 Å². The average Bonchev–Trinajstić information content (AvgIpc) is 3.38. The topological polar surface area (TPSA) is 67.2 Å². The molecule has 0 fully saturated rings. The van der Waals surface area contributed by atoms with Crippen LogP contribution in [0, 0.1) is 6.92 Å². The molecule has 2 amide bonds. The van der Waals surface area contributed by atoms with Crippen molar-refractivity contribution in [2.45, 2.75) is 58.2 Å². The van der Waals surface area contributed by atoms with E-state index in [2.05, 4.69) is 42.9 Å². The maximum absolute atomic E-state index is 13.5. The minimum atomic E-state index is -0.258. The minimum absolute atomic E-state index is 0.00612. The molecule has 0 spiro atoms. The molecule has 0 saturated carbocycles. The Balaban J connectivity index is 2.01. The molecule has 6 nitrogen and oxygen atoms in total. The molecule has 0 aliphatic carbocycles. The lowest BCUT2D eigenvalue weighted by atomic mass is 9.87. The van der Waals surface area contributed by atoms with Crippen molar-refractivity contribution in [3.8, 4) is 5.69 Å². The molecule has 1 N–H and O–H groups in total. The van der Waals surface area contributed by atoms with Gasteiger partial charge in [-0.2, -0.15) is 16.4 Å².